The molecule has 24 nitrogen and oxygen atoms in total. The van der Waals surface area contributed by atoms with Gasteiger partial charge in [-0.1, -0.05) is 27.2 Å². The van der Waals surface area contributed by atoms with Gasteiger partial charge in [-0.25, -0.2) is 0 Å². The monoisotopic (exact) mass is 918 g/mol. The molecule has 4 heterocycles. The molecule has 0 saturated carbocycles. The Bertz CT molecular complexity index is 2160. The van der Waals surface area contributed by atoms with Gasteiger partial charge < -0.3 is 72.5 Å². The number of H-pyrrole nitrogens is 1. The molecule has 1 fully saturated rings. The fourth-order valence-corrected chi connectivity index (χ4v) is 9.28. The summed E-state index contributed by atoms with van der Waals surface area (Å²) in [6, 6.07) is -4.54. The van der Waals surface area contributed by atoms with E-state index in [9.17, 15) is 68.1 Å². The Labute approximate surface area is 368 Å². The second-order valence-corrected chi connectivity index (χ2v) is 17.7. The van der Waals surface area contributed by atoms with E-state index >= 15 is 0 Å². The number of fused-ring (bicyclic) bond motifs is 5. The van der Waals surface area contributed by atoms with Crippen molar-refractivity contribution < 1.29 is 68.1 Å². The van der Waals surface area contributed by atoms with E-state index in [1.54, 1.807) is 13.8 Å². The van der Waals surface area contributed by atoms with E-state index < -0.39 is 170 Å². The number of rotatable bonds is 8. The maximum absolute atomic E-state index is 14.6. The third-order valence-electron chi connectivity index (χ3n) is 11.7. The molecule has 2 bridgehead atoms. The van der Waals surface area contributed by atoms with E-state index in [0.29, 0.717) is 6.42 Å². The zero-order valence-electron chi connectivity index (χ0n) is 35.2. The number of benzene rings is 1. The normalized spacial score (nSPS) is 29.5. The van der Waals surface area contributed by atoms with Gasteiger partial charge in [-0.05, 0) is 18.1 Å². The van der Waals surface area contributed by atoms with Crippen molar-refractivity contribution in [3.05, 3.63) is 23.8 Å². The summed E-state index contributed by atoms with van der Waals surface area (Å²) >= 11 is -2.38. The first-order valence-electron chi connectivity index (χ1n) is 20.5. The van der Waals surface area contributed by atoms with Gasteiger partial charge in [0.2, 0.25) is 52.3 Å². The number of hydrogen-bond acceptors (Lipinski definition) is 15. The molecule has 5 rings (SSSR count). The highest BCUT2D eigenvalue weighted by Crippen LogP contribution is 2.32. The SMILES string of the molecule is CC[C@H](C)[C@@H]1NC(=O)CNC(=O)C2Cc3c([nH]c4cc(O)ccc34)[S@+]([O-])CC(NC(=O)CNC1=O)C(=O)N[C@@H](CC(N)=O)C(=O)N1C[C@H](O)C[C@]1(C=O)N[C@@H]([C@@H](C)[C@@H](O)CO)C(=O)N2. The van der Waals surface area contributed by atoms with E-state index in [-0.39, 0.29) is 33.5 Å². The van der Waals surface area contributed by atoms with Gasteiger partial charge in [-0.15, -0.1) is 0 Å². The van der Waals surface area contributed by atoms with E-state index in [1.165, 1.54) is 25.1 Å². The number of primary amides is 1. The fourth-order valence-electron chi connectivity index (χ4n) is 7.88. The van der Waals surface area contributed by atoms with Crippen molar-refractivity contribution in [3.8, 4) is 5.75 Å². The molecule has 0 spiro atoms. The van der Waals surface area contributed by atoms with Crippen molar-refractivity contribution in [3.63, 3.8) is 0 Å². The highest BCUT2D eigenvalue weighted by molar-refractivity contribution is 7.91. The fraction of sp³-hybridized carbons (Fsp3) is 0.564. The van der Waals surface area contributed by atoms with Crippen molar-refractivity contribution in [2.24, 2.45) is 17.6 Å². The summed E-state index contributed by atoms with van der Waals surface area (Å²) in [6.07, 6.45) is -4.63. The molecule has 3 aliphatic rings. The van der Waals surface area contributed by atoms with Crippen molar-refractivity contribution in [2.45, 2.75) is 99.6 Å². The van der Waals surface area contributed by atoms with Gasteiger partial charge in [0.05, 0.1) is 49.9 Å². The number of hydrogen-bond donors (Lipinski definition) is 13. The molecule has 0 aliphatic carbocycles. The number of amides is 8. The minimum Gasteiger partial charge on any atom is -0.610 e. The van der Waals surface area contributed by atoms with Gasteiger partial charge >= 0.3 is 0 Å². The van der Waals surface area contributed by atoms with E-state index in [1.807, 2.05) is 0 Å². The number of aldehydes is 1. The molecule has 1 saturated heterocycles. The first-order valence-corrected chi connectivity index (χ1v) is 21.8. The van der Waals surface area contributed by atoms with Gasteiger partial charge in [0.1, 0.15) is 29.6 Å². The van der Waals surface area contributed by atoms with Gasteiger partial charge in [-0.2, -0.15) is 0 Å². The quantitative estimate of drug-likeness (QED) is 0.0866. The second-order valence-electron chi connectivity index (χ2n) is 16.2. The van der Waals surface area contributed by atoms with Crippen molar-refractivity contribution in [1.29, 1.82) is 0 Å². The van der Waals surface area contributed by atoms with Gasteiger partial charge in [0, 0.05) is 53.5 Å². The van der Waals surface area contributed by atoms with E-state index in [2.05, 4.69) is 42.2 Å². The molecule has 3 aliphatic heterocycles. The summed E-state index contributed by atoms with van der Waals surface area (Å²) in [5.41, 5.74) is 3.43. The highest BCUT2D eigenvalue weighted by Gasteiger charge is 2.53. The Morgan fingerprint density at radius 3 is 2.28 bits per heavy atom. The summed E-state index contributed by atoms with van der Waals surface area (Å²) in [5.74, 6) is -11.2. The van der Waals surface area contributed by atoms with Crippen LogP contribution in [0.5, 0.6) is 5.75 Å². The Kier molecular flexibility index (Phi) is 15.9. The lowest BCUT2D eigenvalue weighted by atomic mass is 9.92. The lowest BCUT2D eigenvalue weighted by molar-refractivity contribution is -0.147. The molecule has 11 atom stereocenters. The number of nitrogens with two attached hydrogens (primary N) is 1. The minimum atomic E-state index is -2.38. The zero-order chi connectivity index (χ0) is 47.2. The third kappa shape index (κ3) is 11.1. The van der Waals surface area contributed by atoms with Crippen molar-refractivity contribution in [1.82, 2.24) is 47.1 Å². The summed E-state index contributed by atoms with van der Waals surface area (Å²) < 4.78 is 14.6. The molecular formula is C39H54N10O14S. The van der Waals surface area contributed by atoms with E-state index in [0.717, 1.165) is 4.90 Å². The van der Waals surface area contributed by atoms with Crippen LogP contribution in [0.15, 0.2) is 23.2 Å². The number of aromatic nitrogens is 1. The third-order valence-corrected chi connectivity index (χ3v) is 13.1. The smallest absolute Gasteiger partial charge is 0.248 e. The molecule has 2 aromatic rings. The van der Waals surface area contributed by atoms with Crippen LogP contribution in [0.1, 0.15) is 45.6 Å². The number of carbonyl (C=O) groups excluding carboxylic acids is 9. The number of aliphatic hydroxyl groups excluding tert-OH is 3. The van der Waals surface area contributed by atoms with Crippen LogP contribution in [-0.4, -0.2) is 168 Å². The number of phenolic OH excluding ortho intramolecular Hbond substituents is 1. The van der Waals surface area contributed by atoms with Crippen molar-refractivity contribution >= 4 is 75.6 Å². The molecule has 14 N–H and O–H groups in total. The Balaban J connectivity index is 1.77. The zero-order valence-corrected chi connectivity index (χ0v) is 36.0. The molecular weight excluding hydrogens is 865 g/mol. The van der Waals surface area contributed by atoms with Crippen LogP contribution in [0, 0.1) is 11.8 Å². The first-order chi connectivity index (χ1) is 30.2. The van der Waals surface area contributed by atoms with Crippen LogP contribution in [-0.2, 0) is 60.7 Å². The molecule has 350 valence electrons. The maximum atomic E-state index is 14.6. The second kappa shape index (κ2) is 20.8. The van der Waals surface area contributed by atoms with Crippen LogP contribution >= 0.6 is 0 Å². The van der Waals surface area contributed by atoms with Gasteiger partial charge in [-0.3, -0.25) is 48.5 Å². The number of aromatic hydroxyl groups is 1. The number of aliphatic hydroxyl groups is 3. The van der Waals surface area contributed by atoms with Gasteiger partial charge in [0.15, 0.2) is 18.0 Å². The average molecular weight is 919 g/mol. The largest absolute Gasteiger partial charge is 0.610 e. The number of nitrogens with one attached hydrogen (secondary N) is 8. The molecule has 1 aromatic heterocycles. The van der Waals surface area contributed by atoms with E-state index in [4.69, 9.17) is 5.73 Å². The summed E-state index contributed by atoms with van der Waals surface area (Å²) in [4.78, 5) is 127. The summed E-state index contributed by atoms with van der Waals surface area (Å²) in [7, 11) is 0. The Hall–Kier alpha value is -5.86. The maximum Gasteiger partial charge on any atom is 0.248 e. The Morgan fingerprint density at radius 2 is 1.64 bits per heavy atom. The van der Waals surface area contributed by atoms with Crippen LogP contribution in [0.2, 0.25) is 0 Å². The molecule has 1 aromatic carbocycles. The summed E-state index contributed by atoms with van der Waals surface area (Å²) in [6.45, 7) is 1.62. The number of nitrogens with zero attached hydrogens (tertiary/aromatic N) is 1. The van der Waals surface area contributed by atoms with Crippen LogP contribution < -0.4 is 43.0 Å². The lowest BCUT2D eigenvalue weighted by Crippen LogP contribution is -2.69. The molecule has 8 amide bonds. The van der Waals surface area contributed by atoms with Gasteiger partial charge in [0.25, 0.3) is 0 Å². The Morgan fingerprint density at radius 1 is 0.969 bits per heavy atom. The minimum absolute atomic E-state index is 0.0856. The number of aromatic amines is 1. The van der Waals surface area contributed by atoms with Crippen LogP contribution in [0.4, 0.5) is 0 Å². The molecule has 25 heteroatoms. The average Bonchev–Trinajstić information content (AvgIpc) is 3.78. The van der Waals surface area contributed by atoms with Crippen LogP contribution in [0.25, 0.3) is 10.9 Å². The molecule has 0 radical (unpaired) electrons. The molecule has 2 unspecified atom stereocenters. The summed E-state index contributed by atoms with van der Waals surface area (Å²) in [5, 5.41) is 59.6. The molecule has 64 heavy (non-hydrogen) atoms. The number of phenols is 1. The standard InChI is InChI=1S/C39H54N10O14S/c1-4-17(2)31-35(60)42-11-29(56)43-26-15-64(63)37-22(21-6-5-19(52)7-23(21)46-37)8-24(33(58)41-12-30(57)47-31)44-36(61)32(18(3)27(54)14-50)48-39(16-51)10-20(53)13-49(39)38(62)25(9-28(40)55)45-34(26)59/h5-7,16-18,20,24-27,31-32,46,48,50,52-54H,4,8-15H2,1-3H3,(H2,40,55)(H,41,58)(H,42,60)(H,43,56)(H,44,61)(H,45,59)(H,47,57)/t17-,18-,20+,24?,25-,26?,27-,31-,32-,39-,64+/m0/s1. The topological polar surface area (TPSA) is 387 Å². The lowest BCUT2D eigenvalue weighted by Gasteiger charge is -2.40. The predicted octanol–water partition coefficient (Wildman–Crippen LogP) is -5.92. The van der Waals surface area contributed by atoms with Crippen LogP contribution in [0.3, 0.4) is 0 Å². The first kappa shape index (κ1) is 49.2. The predicted molar refractivity (Wildman–Crippen MR) is 222 cm³/mol. The number of carbonyl (C=O) groups is 9. The van der Waals surface area contributed by atoms with Crippen molar-refractivity contribution in [2.75, 3.05) is 32.0 Å². The highest BCUT2D eigenvalue weighted by atomic mass is 32.2.